The van der Waals surface area contributed by atoms with Gasteiger partial charge >= 0.3 is 0 Å². The van der Waals surface area contributed by atoms with Gasteiger partial charge in [-0.2, -0.15) is 0 Å². The fourth-order valence-corrected chi connectivity index (χ4v) is 3.21. The van der Waals surface area contributed by atoms with E-state index < -0.39 is 6.10 Å². The van der Waals surface area contributed by atoms with E-state index in [1.165, 1.54) is 12.8 Å². The summed E-state index contributed by atoms with van der Waals surface area (Å²) in [5.74, 6) is 0.350. The molecule has 0 bridgehead atoms. The molecule has 1 aliphatic carbocycles. The molecule has 1 N–H and O–H groups in total. The number of rotatable bonds is 5. The van der Waals surface area contributed by atoms with Crippen LogP contribution in [0.5, 0.6) is 5.75 Å². The van der Waals surface area contributed by atoms with E-state index in [0.717, 1.165) is 29.2 Å². The fraction of sp³-hybridized carbons (Fsp3) is 0.500. The molecule has 4 nitrogen and oxygen atoms in total. The summed E-state index contributed by atoms with van der Waals surface area (Å²) in [6, 6.07) is 3.82. The van der Waals surface area contributed by atoms with Gasteiger partial charge in [0.05, 0.1) is 5.56 Å². The lowest BCUT2D eigenvalue weighted by Gasteiger charge is -2.20. The largest absolute Gasteiger partial charge is 0.480 e. The Morgan fingerprint density at radius 1 is 1.43 bits per heavy atom. The van der Waals surface area contributed by atoms with Crippen molar-refractivity contribution in [1.82, 2.24) is 5.32 Å². The van der Waals surface area contributed by atoms with Crippen LogP contribution in [-0.2, 0) is 4.79 Å². The SMILES string of the molecule is Cc1cc(Br)cc(C=O)c1OC(C)C(=O)NC1CCCC1. The van der Waals surface area contributed by atoms with Crippen molar-refractivity contribution in [2.24, 2.45) is 0 Å². The maximum atomic E-state index is 12.1. The minimum atomic E-state index is -0.621. The fourth-order valence-electron chi connectivity index (χ4n) is 2.62. The summed E-state index contributed by atoms with van der Waals surface area (Å²) in [4.78, 5) is 23.3. The van der Waals surface area contributed by atoms with E-state index in [1.807, 2.05) is 13.0 Å². The maximum absolute atomic E-state index is 12.1. The molecule has 1 aromatic rings. The zero-order valence-electron chi connectivity index (χ0n) is 12.3. The normalized spacial score (nSPS) is 16.5. The first-order valence-electron chi connectivity index (χ1n) is 7.23. The Morgan fingerprint density at radius 3 is 2.71 bits per heavy atom. The summed E-state index contributed by atoms with van der Waals surface area (Å²) >= 11 is 3.35. The highest BCUT2D eigenvalue weighted by molar-refractivity contribution is 9.10. The van der Waals surface area contributed by atoms with Crippen LogP contribution in [-0.4, -0.2) is 24.3 Å². The quantitative estimate of drug-likeness (QED) is 0.825. The molecule has 1 atom stereocenters. The van der Waals surface area contributed by atoms with Gasteiger partial charge in [0.1, 0.15) is 5.75 Å². The monoisotopic (exact) mass is 353 g/mol. The number of carbonyl (C=O) groups is 2. The summed E-state index contributed by atoms with van der Waals surface area (Å²) in [5, 5.41) is 3.01. The van der Waals surface area contributed by atoms with Crippen LogP contribution < -0.4 is 10.1 Å². The molecule has 1 aromatic carbocycles. The lowest BCUT2D eigenvalue weighted by Crippen LogP contribution is -2.41. The molecule has 0 heterocycles. The van der Waals surface area contributed by atoms with E-state index >= 15 is 0 Å². The van der Waals surface area contributed by atoms with E-state index in [-0.39, 0.29) is 11.9 Å². The van der Waals surface area contributed by atoms with Gasteiger partial charge in [-0.3, -0.25) is 9.59 Å². The van der Waals surface area contributed by atoms with Crippen molar-refractivity contribution >= 4 is 28.1 Å². The van der Waals surface area contributed by atoms with Gasteiger partial charge in [0.15, 0.2) is 12.4 Å². The summed E-state index contributed by atoms with van der Waals surface area (Å²) in [6.07, 6.45) is 4.53. The molecule has 2 rings (SSSR count). The van der Waals surface area contributed by atoms with Gasteiger partial charge < -0.3 is 10.1 Å². The highest BCUT2D eigenvalue weighted by Crippen LogP contribution is 2.28. The van der Waals surface area contributed by atoms with Gasteiger partial charge in [-0.25, -0.2) is 0 Å². The number of benzene rings is 1. The van der Waals surface area contributed by atoms with Gasteiger partial charge in [0.25, 0.3) is 5.91 Å². The van der Waals surface area contributed by atoms with Crippen molar-refractivity contribution < 1.29 is 14.3 Å². The number of halogens is 1. The van der Waals surface area contributed by atoms with Crippen LogP contribution in [0, 0.1) is 6.92 Å². The average Bonchev–Trinajstić information content (AvgIpc) is 2.94. The third kappa shape index (κ3) is 4.06. The molecular formula is C16H20BrNO3. The summed E-state index contributed by atoms with van der Waals surface area (Å²) in [6.45, 7) is 3.56. The summed E-state index contributed by atoms with van der Waals surface area (Å²) in [5.41, 5.74) is 1.27. The lowest BCUT2D eigenvalue weighted by atomic mass is 10.1. The van der Waals surface area contributed by atoms with Crippen LogP contribution >= 0.6 is 15.9 Å². The van der Waals surface area contributed by atoms with Gasteiger partial charge in [-0.05, 0) is 44.4 Å². The van der Waals surface area contributed by atoms with Crippen molar-refractivity contribution in [2.75, 3.05) is 0 Å². The first kappa shape index (κ1) is 16.0. The average molecular weight is 354 g/mol. The van der Waals surface area contributed by atoms with E-state index in [0.29, 0.717) is 11.3 Å². The second-order valence-corrected chi connectivity index (χ2v) is 6.42. The van der Waals surface area contributed by atoms with E-state index in [9.17, 15) is 9.59 Å². The molecule has 1 unspecified atom stereocenters. The van der Waals surface area contributed by atoms with Gasteiger partial charge in [0, 0.05) is 10.5 Å². The number of amides is 1. The maximum Gasteiger partial charge on any atom is 0.260 e. The molecule has 0 aliphatic heterocycles. The lowest BCUT2D eigenvalue weighted by molar-refractivity contribution is -0.128. The van der Waals surface area contributed by atoms with Crippen LogP contribution in [0.25, 0.3) is 0 Å². The number of aryl methyl sites for hydroxylation is 1. The second kappa shape index (κ2) is 7.07. The van der Waals surface area contributed by atoms with Crippen molar-refractivity contribution in [1.29, 1.82) is 0 Å². The Kier molecular flexibility index (Phi) is 5.39. The molecule has 0 aromatic heterocycles. The van der Waals surface area contributed by atoms with Crippen molar-refractivity contribution in [2.45, 2.75) is 51.7 Å². The zero-order chi connectivity index (χ0) is 15.4. The van der Waals surface area contributed by atoms with Crippen molar-refractivity contribution in [3.63, 3.8) is 0 Å². The molecule has 0 saturated heterocycles. The number of hydrogen-bond acceptors (Lipinski definition) is 3. The Hall–Kier alpha value is -1.36. The third-order valence-electron chi connectivity index (χ3n) is 3.76. The Balaban J connectivity index is 2.06. The third-order valence-corrected chi connectivity index (χ3v) is 4.22. The highest BCUT2D eigenvalue weighted by Gasteiger charge is 2.23. The molecule has 0 radical (unpaired) electrons. The smallest absolute Gasteiger partial charge is 0.260 e. The van der Waals surface area contributed by atoms with Gasteiger partial charge in [-0.15, -0.1) is 0 Å². The first-order chi connectivity index (χ1) is 10.0. The Morgan fingerprint density at radius 2 is 2.10 bits per heavy atom. The Bertz CT molecular complexity index is 539. The second-order valence-electron chi connectivity index (χ2n) is 5.51. The van der Waals surface area contributed by atoms with E-state index in [4.69, 9.17) is 4.74 Å². The number of carbonyl (C=O) groups excluding carboxylic acids is 2. The van der Waals surface area contributed by atoms with Crippen LogP contribution in [0.4, 0.5) is 0 Å². The molecule has 21 heavy (non-hydrogen) atoms. The highest BCUT2D eigenvalue weighted by atomic mass is 79.9. The molecular weight excluding hydrogens is 334 g/mol. The zero-order valence-corrected chi connectivity index (χ0v) is 13.9. The summed E-state index contributed by atoms with van der Waals surface area (Å²) in [7, 11) is 0. The number of aldehydes is 1. The van der Waals surface area contributed by atoms with Crippen LogP contribution in [0.1, 0.15) is 48.5 Å². The molecule has 1 fully saturated rings. The molecule has 0 spiro atoms. The molecule has 5 heteroatoms. The Labute approximate surface area is 133 Å². The summed E-state index contributed by atoms with van der Waals surface area (Å²) < 4.78 is 6.55. The predicted octanol–water partition coefficient (Wildman–Crippen LogP) is 3.40. The molecule has 1 aliphatic rings. The van der Waals surface area contributed by atoms with Gasteiger partial charge in [-0.1, -0.05) is 28.8 Å². The molecule has 1 amide bonds. The topological polar surface area (TPSA) is 55.4 Å². The van der Waals surface area contributed by atoms with E-state index in [2.05, 4.69) is 21.2 Å². The number of hydrogen-bond donors (Lipinski definition) is 1. The van der Waals surface area contributed by atoms with E-state index in [1.54, 1.807) is 13.0 Å². The molecule has 114 valence electrons. The minimum absolute atomic E-state index is 0.124. The van der Waals surface area contributed by atoms with Crippen LogP contribution in [0.15, 0.2) is 16.6 Å². The van der Waals surface area contributed by atoms with Gasteiger partial charge in [0.2, 0.25) is 0 Å². The number of ether oxygens (including phenoxy) is 1. The van der Waals surface area contributed by atoms with Crippen LogP contribution in [0.2, 0.25) is 0 Å². The first-order valence-corrected chi connectivity index (χ1v) is 8.03. The molecule has 1 saturated carbocycles. The predicted molar refractivity (Wildman–Crippen MR) is 84.8 cm³/mol. The standard InChI is InChI=1S/C16H20BrNO3/c1-10-7-13(17)8-12(9-19)15(10)21-11(2)16(20)18-14-5-3-4-6-14/h7-9,11,14H,3-6H2,1-2H3,(H,18,20). The van der Waals surface area contributed by atoms with Crippen molar-refractivity contribution in [3.05, 3.63) is 27.7 Å². The van der Waals surface area contributed by atoms with Crippen LogP contribution in [0.3, 0.4) is 0 Å². The minimum Gasteiger partial charge on any atom is -0.480 e. The van der Waals surface area contributed by atoms with Crippen molar-refractivity contribution in [3.8, 4) is 5.75 Å². The number of nitrogens with one attached hydrogen (secondary N) is 1.